The largest absolute Gasteiger partial charge is 0.472 e. The highest BCUT2D eigenvalue weighted by Crippen LogP contribution is 2.45. The lowest BCUT2D eigenvalue weighted by molar-refractivity contribution is -0.161. The summed E-state index contributed by atoms with van der Waals surface area (Å²) in [5, 5.41) is 10.5. The van der Waals surface area contributed by atoms with Gasteiger partial charge < -0.3 is 33.8 Å². The van der Waals surface area contributed by atoms with Crippen LogP contribution >= 0.6 is 15.6 Å². The molecule has 0 aliphatic carbocycles. The highest BCUT2D eigenvalue weighted by atomic mass is 31.2. The van der Waals surface area contributed by atoms with Gasteiger partial charge in [-0.1, -0.05) is 240 Å². The van der Waals surface area contributed by atoms with Gasteiger partial charge in [-0.3, -0.25) is 37.3 Å². The summed E-state index contributed by atoms with van der Waals surface area (Å²) in [6.45, 7) is 7.04. The first-order valence-electron chi connectivity index (χ1n) is 31.1. The molecule has 0 fully saturated rings. The van der Waals surface area contributed by atoms with Crippen molar-refractivity contribution < 1.29 is 80.2 Å². The van der Waals surface area contributed by atoms with Crippen LogP contribution in [-0.2, 0) is 65.4 Å². The van der Waals surface area contributed by atoms with Crippen molar-refractivity contribution in [3.05, 3.63) is 0 Å². The third kappa shape index (κ3) is 53.4. The van der Waals surface area contributed by atoms with Crippen molar-refractivity contribution in [2.45, 2.75) is 310 Å². The summed E-state index contributed by atoms with van der Waals surface area (Å²) in [5.41, 5.74) is 0. The van der Waals surface area contributed by atoms with Crippen molar-refractivity contribution in [3.63, 3.8) is 0 Å². The Morgan fingerprint density at radius 3 is 0.872 bits per heavy atom. The van der Waals surface area contributed by atoms with E-state index in [1.165, 1.54) is 103 Å². The number of aliphatic hydroxyl groups excluding tert-OH is 1. The van der Waals surface area contributed by atoms with Gasteiger partial charge in [-0.25, -0.2) is 9.13 Å². The first-order chi connectivity index (χ1) is 37.5. The molecule has 0 aromatic rings. The van der Waals surface area contributed by atoms with E-state index in [0.717, 1.165) is 109 Å². The van der Waals surface area contributed by atoms with Gasteiger partial charge in [-0.15, -0.1) is 0 Å². The molecule has 0 amide bonds. The van der Waals surface area contributed by atoms with Crippen molar-refractivity contribution in [1.29, 1.82) is 0 Å². The predicted octanol–water partition coefficient (Wildman–Crippen LogP) is 15.8. The molecule has 2 unspecified atom stereocenters. The maximum absolute atomic E-state index is 12.9. The summed E-state index contributed by atoms with van der Waals surface area (Å²) >= 11 is 0. The first-order valence-corrected chi connectivity index (χ1v) is 34.1. The highest BCUT2D eigenvalue weighted by Gasteiger charge is 2.30. The van der Waals surface area contributed by atoms with E-state index in [-0.39, 0.29) is 25.7 Å². The summed E-state index contributed by atoms with van der Waals surface area (Å²) in [7, 11) is -9.86. The minimum absolute atomic E-state index is 0.104. The number of phosphoric ester groups is 2. The third-order valence-corrected chi connectivity index (χ3v) is 15.4. The lowest BCUT2D eigenvalue weighted by atomic mass is 10.0. The SMILES string of the molecule is CCCCCCCCCCCCC(=O)OC[C@H](COP(=O)(O)OC[C@@H](O)COP(=O)(O)OC[C@@H](COC(=O)CCCCCCC)OC(=O)CCCCCCCCCC)OC(=O)CCCCCCCCCCCCCCC(C)C. The zero-order valence-corrected chi connectivity index (χ0v) is 51.6. The molecule has 0 spiro atoms. The van der Waals surface area contributed by atoms with Gasteiger partial charge in [0.05, 0.1) is 26.4 Å². The summed E-state index contributed by atoms with van der Waals surface area (Å²) in [5.74, 6) is -1.38. The first kappa shape index (κ1) is 76.1. The van der Waals surface area contributed by atoms with Gasteiger partial charge in [-0.05, 0) is 31.6 Å². The quantitative estimate of drug-likeness (QED) is 0.0222. The molecule has 3 N–H and O–H groups in total. The topological polar surface area (TPSA) is 237 Å². The standard InChI is InChI=1S/C59H114O17P2/c1-6-9-12-15-17-19-25-29-33-38-43-57(62)70-49-55(76-59(64)45-40-35-30-26-23-21-20-22-24-27-32-36-41-52(4)5)51-74-78(67,68)72-47-53(60)46-71-77(65,66)73-50-54(48-69-56(61)42-37-31-14-11-8-3)75-58(63)44-39-34-28-18-16-13-10-7-2/h52-55,60H,6-51H2,1-5H3,(H,65,66)(H,67,68)/t53-,54+,55+/m0/s1. The van der Waals surface area contributed by atoms with Gasteiger partial charge in [0.2, 0.25) is 0 Å². The molecule has 0 aliphatic heterocycles. The Hall–Kier alpha value is -1.94. The molecule has 0 rings (SSSR count). The van der Waals surface area contributed by atoms with Crippen LogP contribution in [0, 0.1) is 5.92 Å². The van der Waals surface area contributed by atoms with E-state index in [2.05, 4.69) is 34.6 Å². The van der Waals surface area contributed by atoms with E-state index in [0.29, 0.717) is 25.7 Å². The van der Waals surface area contributed by atoms with E-state index in [1.54, 1.807) is 0 Å². The molecule has 0 saturated heterocycles. The second-order valence-corrected chi connectivity index (χ2v) is 24.8. The monoisotopic (exact) mass is 1160 g/mol. The van der Waals surface area contributed by atoms with Crippen LogP contribution in [0.2, 0.25) is 0 Å². The number of esters is 4. The zero-order valence-electron chi connectivity index (χ0n) is 49.8. The Morgan fingerprint density at radius 2 is 0.590 bits per heavy atom. The fourth-order valence-electron chi connectivity index (χ4n) is 8.70. The van der Waals surface area contributed by atoms with Gasteiger partial charge in [0.25, 0.3) is 0 Å². The smallest absolute Gasteiger partial charge is 0.462 e. The summed E-state index contributed by atoms with van der Waals surface area (Å²) in [6.07, 6.45) is 35.2. The molecule has 17 nitrogen and oxygen atoms in total. The van der Waals surface area contributed by atoms with Gasteiger partial charge in [0.1, 0.15) is 19.3 Å². The molecule has 0 aromatic carbocycles. The summed E-state index contributed by atoms with van der Waals surface area (Å²) in [4.78, 5) is 71.6. The molecule has 0 bridgehead atoms. The van der Waals surface area contributed by atoms with Crippen molar-refractivity contribution in [2.75, 3.05) is 39.6 Å². The molecule has 0 aliphatic rings. The predicted molar refractivity (Wildman–Crippen MR) is 308 cm³/mol. The molecule has 462 valence electrons. The van der Waals surface area contributed by atoms with E-state index in [4.69, 9.17) is 37.0 Å². The molecule has 19 heteroatoms. The van der Waals surface area contributed by atoms with E-state index < -0.39 is 97.5 Å². The van der Waals surface area contributed by atoms with Crippen molar-refractivity contribution >= 4 is 39.5 Å². The number of unbranched alkanes of at least 4 members (excludes halogenated alkanes) is 31. The number of phosphoric acid groups is 2. The minimum atomic E-state index is -4.94. The Morgan fingerprint density at radius 1 is 0.346 bits per heavy atom. The second-order valence-electron chi connectivity index (χ2n) is 21.9. The van der Waals surface area contributed by atoms with Gasteiger partial charge in [0, 0.05) is 25.7 Å². The molecule has 0 saturated carbocycles. The van der Waals surface area contributed by atoms with Crippen LogP contribution in [0.4, 0.5) is 0 Å². The van der Waals surface area contributed by atoms with E-state index in [9.17, 15) is 43.2 Å². The van der Waals surface area contributed by atoms with Crippen LogP contribution < -0.4 is 0 Å². The zero-order chi connectivity index (χ0) is 57.8. The fourth-order valence-corrected chi connectivity index (χ4v) is 10.3. The molecule has 5 atom stereocenters. The molecule has 0 radical (unpaired) electrons. The average Bonchev–Trinajstić information content (AvgIpc) is 3.40. The van der Waals surface area contributed by atoms with Crippen LogP contribution in [0.15, 0.2) is 0 Å². The Bertz CT molecular complexity index is 1530. The third-order valence-electron chi connectivity index (χ3n) is 13.5. The Labute approximate surface area is 473 Å². The van der Waals surface area contributed by atoms with Crippen molar-refractivity contribution in [1.82, 2.24) is 0 Å². The maximum Gasteiger partial charge on any atom is 0.472 e. The lowest BCUT2D eigenvalue weighted by Gasteiger charge is -2.21. The Balaban J connectivity index is 5.16. The number of aliphatic hydroxyl groups is 1. The van der Waals surface area contributed by atoms with Crippen molar-refractivity contribution in [2.24, 2.45) is 5.92 Å². The van der Waals surface area contributed by atoms with Crippen LogP contribution in [0.5, 0.6) is 0 Å². The lowest BCUT2D eigenvalue weighted by Crippen LogP contribution is -2.30. The average molecular weight is 1160 g/mol. The number of hydrogen-bond acceptors (Lipinski definition) is 15. The van der Waals surface area contributed by atoms with Crippen LogP contribution in [0.3, 0.4) is 0 Å². The number of ether oxygens (including phenoxy) is 4. The molecular weight excluding hydrogens is 1040 g/mol. The molecule has 78 heavy (non-hydrogen) atoms. The van der Waals surface area contributed by atoms with E-state index >= 15 is 0 Å². The number of carbonyl (C=O) groups is 4. The summed E-state index contributed by atoms with van der Waals surface area (Å²) < 4.78 is 67.5. The number of carbonyl (C=O) groups excluding carboxylic acids is 4. The number of rotatable bonds is 59. The Kier molecular flexibility index (Phi) is 51.8. The summed E-state index contributed by atoms with van der Waals surface area (Å²) in [6, 6.07) is 0. The normalized spacial score (nSPS) is 14.4. The number of hydrogen-bond donors (Lipinski definition) is 3. The van der Waals surface area contributed by atoms with Crippen LogP contribution in [0.25, 0.3) is 0 Å². The molecule has 0 aromatic heterocycles. The van der Waals surface area contributed by atoms with Crippen molar-refractivity contribution in [3.8, 4) is 0 Å². The van der Waals surface area contributed by atoms with Crippen LogP contribution in [0.1, 0.15) is 291 Å². The van der Waals surface area contributed by atoms with Gasteiger partial charge in [0.15, 0.2) is 12.2 Å². The highest BCUT2D eigenvalue weighted by molar-refractivity contribution is 7.47. The van der Waals surface area contributed by atoms with Gasteiger partial charge >= 0.3 is 39.5 Å². The molecular formula is C59H114O17P2. The van der Waals surface area contributed by atoms with Crippen LogP contribution in [-0.4, -0.2) is 96.7 Å². The maximum atomic E-state index is 12.9. The fraction of sp³-hybridized carbons (Fsp3) is 0.932. The molecule has 0 heterocycles. The minimum Gasteiger partial charge on any atom is -0.462 e. The second kappa shape index (κ2) is 53.1. The van der Waals surface area contributed by atoms with E-state index in [1.807, 2.05) is 0 Å². The van der Waals surface area contributed by atoms with Gasteiger partial charge in [-0.2, -0.15) is 0 Å².